The van der Waals surface area contributed by atoms with E-state index in [1.807, 2.05) is 6.07 Å². The minimum Gasteiger partial charge on any atom is -0.455 e. The molecule has 5 heteroatoms. The minimum atomic E-state index is 0.534. The molecule has 11 aromatic carbocycles. The van der Waals surface area contributed by atoms with Gasteiger partial charge in [0.1, 0.15) is 11.2 Å². The number of nitrogens with zero attached hydrogens (tertiary/aromatic N) is 4. The fourth-order valence-corrected chi connectivity index (χ4v) is 10.2. The molecule has 0 fully saturated rings. The van der Waals surface area contributed by atoms with E-state index in [0.717, 1.165) is 82.6 Å². The molecule has 14 rings (SSSR count). The normalized spacial score (nSPS) is 11.9. The Kier molecular flexibility index (Phi) is 7.91. The van der Waals surface area contributed by atoms with Gasteiger partial charge >= 0.3 is 0 Å². The van der Waals surface area contributed by atoms with Crippen molar-refractivity contribution in [3.05, 3.63) is 218 Å². The van der Waals surface area contributed by atoms with E-state index in [4.69, 9.17) is 19.4 Å². The zero-order valence-corrected chi connectivity index (χ0v) is 35.5. The summed E-state index contributed by atoms with van der Waals surface area (Å²) in [4.78, 5) is 16.0. The van der Waals surface area contributed by atoms with Gasteiger partial charge in [-0.3, -0.25) is 0 Å². The van der Waals surface area contributed by atoms with Crippen molar-refractivity contribution in [1.82, 2.24) is 19.5 Å². The number of hydrogen-bond donors (Lipinski definition) is 0. The molecular weight excluding hydrogens is 805 g/mol. The standard InChI is InChI=1S/C61H36N4O/c1-2-13-37(14-3-1)40-19-12-20-44(33-40)59-62-60(45-28-29-47-43(34-45)26-25-38-15-6-8-21-46(38)47)64-61(63-59)51-31-32-54(56-50-30-27-39-16-7-9-22-48(39)57(50)66-58(51)56)65-53-24-11-10-23-49(53)52-35-41-17-4-5-18-42(41)36-55(52)65/h1-36H. The summed E-state index contributed by atoms with van der Waals surface area (Å²) in [5.41, 5.74) is 9.63. The van der Waals surface area contributed by atoms with Crippen LogP contribution in [0.2, 0.25) is 0 Å². The molecule has 5 nitrogen and oxygen atoms in total. The highest BCUT2D eigenvalue weighted by atomic mass is 16.3. The fourth-order valence-electron chi connectivity index (χ4n) is 10.2. The van der Waals surface area contributed by atoms with Gasteiger partial charge in [0.05, 0.1) is 27.7 Å². The summed E-state index contributed by atoms with van der Waals surface area (Å²) in [6.07, 6.45) is 0. The van der Waals surface area contributed by atoms with Crippen LogP contribution in [0.25, 0.3) is 138 Å². The Balaban J connectivity index is 1.06. The lowest BCUT2D eigenvalue weighted by molar-refractivity contribution is 0.673. The van der Waals surface area contributed by atoms with Crippen LogP contribution in [0, 0.1) is 0 Å². The van der Waals surface area contributed by atoms with Crippen LogP contribution in [0.5, 0.6) is 0 Å². The molecule has 0 amide bonds. The number of fused-ring (bicyclic) bond motifs is 12. The SMILES string of the molecule is c1ccc(-c2cccc(-c3nc(-c4ccc5c(ccc6ccccc65)c4)nc(-c4ccc(-n5c6ccccc6c6cc7ccccc7cc65)c5c4oc4c6ccccc6ccc45)n3)c2)cc1. The quantitative estimate of drug-likeness (QED) is 0.162. The summed E-state index contributed by atoms with van der Waals surface area (Å²) in [5.74, 6) is 1.70. The lowest BCUT2D eigenvalue weighted by Crippen LogP contribution is -2.01. The van der Waals surface area contributed by atoms with Gasteiger partial charge in [-0.25, -0.2) is 15.0 Å². The third-order valence-electron chi connectivity index (χ3n) is 13.4. The predicted molar refractivity (Wildman–Crippen MR) is 273 cm³/mol. The van der Waals surface area contributed by atoms with Crippen molar-refractivity contribution >= 4 is 86.8 Å². The molecule has 3 heterocycles. The van der Waals surface area contributed by atoms with Gasteiger partial charge in [-0.05, 0) is 97.4 Å². The first-order chi connectivity index (χ1) is 32.7. The van der Waals surface area contributed by atoms with Gasteiger partial charge in [0.2, 0.25) is 0 Å². The number of hydrogen-bond acceptors (Lipinski definition) is 4. The van der Waals surface area contributed by atoms with E-state index in [1.165, 1.54) is 37.7 Å². The molecule has 0 saturated heterocycles. The lowest BCUT2D eigenvalue weighted by atomic mass is 10.00. The zero-order chi connectivity index (χ0) is 43.3. The van der Waals surface area contributed by atoms with Gasteiger partial charge < -0.3 is 8.98 Å². The first-order valence-electron chi connectivity index (χ1n) is 22.3. The Morgan fingerprint density at radius 2 is 0.894 bits per heavy atom. The van der Waals surface area contributed by atoms with Gasteiger partial charge in [0.25, 0.3) is 0 Å². The highest BCUT2D eigenvalue weighted by Gasteiger charge is 2.24. The molecule has 0 spiro atoms. The molecule has 0 saturated carbocycles. The summed E-state index contributed by atoms with van der Waals surface area (Å²) in [5, 5.41) is 13.7. The third-order valence-corrected chi connectivity index (χ3v) is 13.4. The van der Waals surface area contributed by atoms with Crippen molar-refractivity contribution in [3.8, 4) is 51.0 Å². The molecule has 14 aromatic rings. The molecule has 0 atom stereocenters. The molecule has 66 heavy (non-hydrogen) atoms. The number of aromatic nitrogens is 4. The smallest absolute Gasteiger partial charge is 0.167 e. The topological polar surface area (TPSA) is 56.7 Å². The van der Waals surface area contributed by atoms with Crippen LogP contribution in [0.4, 0.5) is 0 Å². The summed E-state index contributed by atoms with van der Waals surface area (Å²) in [6, 6.07) is 77.5. The third kappa shape index (κ3) is 5.63. The summed E-state index contributed by atoms with van der Waals surface area (Å²) in [6.45, 7) is 0. The van der Waals surface area contributed by atoms with Gasteiger partial charge in [-0.15, -0.1) is 0 Å². The second-order valence-corrected chi connectivity index (χ2v) is 17.1. The second-order valence-electron chi connectivity index (χ2n) is 17.1. The highest BCUT2D eigenvalue weighted by molar-refractivity contribution is 6.22. The van der Waals surface area contributed by atoms with Crippen molar-refractivity contribution in [2.45, 2.75) is 0 Å². The van der Waals surface area contributed by atoms with E-state index in [2.05, 4.69) is 217 Å². The summed E-state index contributed by atoms with van der Waals surface area (Å²) >= 11 is 0. The van der Waals surface area contributed by atoms with Gasteiger partial charge in [-0.1, -0.05) is 170 Å². The van der Waals surface area contributed by atoms with E-state index < -0.39 is 0 Å². The zero-order valence-electron chi connectivity index (χ0n) is 35.5. The van der Waals surface area contributed by atoms with E-state index >= 15 is 0 Å². The van der Waals surface area contributed by atoms with Crippen molar-refractivity contribution in [3.63, 3.8) is 0 Å². The Morgan fingerprint density at radius 3 is 1.73 bits per heavy atom. The molecule has 3 aromatic heterocycles. The molecule has 0 unspecified atom stereocenters. The predicted octanol–water partition coefficient (Wildman–Crippen LogP) is 16.1. The van der Waals surface area contributed by atoms with Crippen LogP contribution in [0.15, 0.2) is 223 Å². The Labute approximate surface area is 378 Å². The van der Waals surface area contributed by atoms with Crippen molar-refractivity contribution in [2.24, 2.45) is 0 Å². The molecule has 0 aliphatic carbocycles. The van der Waals surface area contributed by atoms with Crippen LogP contribution < -0.4 is 0 Å². The highest BCUT2D eigenvalue weighted by Crippen LogP contribution is 2.45. The Morgan fingerprint density at radius 1 is 0.303 bits per heavy atom. The number of furan rings is 1. The van der Waals surface area contributed by atoms with E-state index in [9.17, 15) is 0 Å². The molecule has 0 N–H and O–H groups in total. The van der Waals surface area contributed by atoms with E-state index in [-0.39, 0.29) is 0 Å². The van der Waals surface area contributed by atoms with Crippen molar-refractivity contribution in [2.75, 3.05) is 0 Å². The summed E-state index contributed by atoms with van der Waals surface area (Å²) in [7, 11) is 0. The summed E-state index contributed by atoms with van der Waals surface area (Å²) < 4.78 is 9.65. The number of benzene rings is 11. The maximum absolute atomic E-state index is 7.24. The van der Waals surface area contributed by atoms with Crippen LogP contribution in [-0.2, 0) is 0 Å². The van der Waals surface area contributed by atoms with Crippen molar-refractivity contribution in [1.29, 1.82) is 0 Å². The molecule has 0 aliphatic rings. The molecule has 0 bridgehead atoms. The molecule has 306 valence electrons. The lowest BCUT2D eigenvalue weighted by Gasteiger charge is -2.13. The first kappa shape index (κ1) is 36.5. The van der Waals surface area contributed by atoms with Crippen LogP contribution >= 0.6 is 0 Å². The minimum absolute atomic E-state index is 0.534. The monoisotopic (exact) mass is 840 g/mol. The van der Waals surface area contributed by atoms with Crippen molar-refractivity contribution < 1.29 is 4.42 Å². The van der Waals surface area contributed by atoms with Crippen LogP contribution in [0.3, 0.4) is 0 Å². The average molecular weight is 841 g/mol. The fraction of sp³-hybridized carbons (Fsp3) is 0. The first-order valence-corrected chi connectivity index (χ1v) is 22.3. The van der Waals surface area contributed by atoms with E-state index in [0.29, 0.717) is 17.5 Å². The Bertz CT molecular complexity index is 4300. The largest absolute Gasteiger partial charge is 0.455 e. The van der Waals surface area contributed by atoms with Crippen LogP contribution in [-0.4, -0.2) is 19.5 Å². The maximum Gasteiger partial charge on any atom is 0.167 e. The van der Waals surface area contributed by atoms with Gasteiger partial charge in [-0.2, -0.15) is 0 Å². The number of rotatable bonds is 5. The van der Waals surface area contributed by atoms with Gasteiger partial charge in [0, 0.05) is 32.7 Å². The molecule has 0 aliphatic heterocycles. The average Bonchev–Trinajstić information content (AvgIpc) is 3.94. The Hall–Kier alpha value is -8.93. The second kappa shape index (κ2) is 14.3. The van der Waals surface area contributed by atoms with Gasteiger partial charge in [0.15, 0.2) is 17.5 Å². The maximum atomic E-state index is 7.24. The molecular formula is C61H36N4O. The van der Waals surface area contributed by atoms with E-state index in [1.54, 1.807) is 0 Å². The van der Waals surface area contributed by atoms with Crippen LogP contribution in [0.1, 0.15) is 0 Å². The number of para-hydroxylation sites is 1. The molecule has 0 radical (unpaired) electrons.